The van der Waals surface area contributed by atoms with Gasteiger partial charge in [-0.25, -0.2) is 10.3 Å². The maximum atomic E-state index is 12.4. The summed E-state index contributed by atoms with van der Waals surface area (Å²) in [5, 5.41) is 22.1. The molecule has 3 amide bonds. The fraction of sp³-hybridized carbons (Fsp3) is 0.0870. The topological polar surface area (TPSA) is 125 Å². The molecule has 0 bridgehead atoms. The second-order valence-electron chi connectivity index (χ2n) is 6.55. The van der Waals surface area contributed by atoms with E-state index in [0.29, 0.717) is 21.9 Å². The number of carbonyl (C=O) groups excluding carboxylic acids is 3. The van der Waals surface area contributed by atoms with Gasteiger partial charge >= 0.3 is 6.09 Å². The Kier molecular flexibility index (Phi) is 6.97. The Hall–Kier alpha value is -4.17. The number of benzene rings is 3. The summed E-state index contributed by atoms with van der Waals surface area (Å²) >= 11 is 0. The number of phenols is 1. The minimum Gasteiger partial charge on any atom is -0.507 e. The van der Waals surface area contributed by atoms with Crippen molar-refractivity contribution in [2.75, 3.05) is 0 Å². The van der Waals surface area contributed by atoms with Gasteiger partial charge < -0.3 is 9.84 Å². The predicted molar refractivity (Wildman–Crippen MR) is 112 cm³/mol. The van der Waals surface area contributed by atoms with Gasteiger partial charge in [-0.05, 0) is 23.6 Å². The molecule has 158 valence electrons. The average Bonchev–Trinajstić information content (AvgIpc) is 2.79. The van der Waals surface area contributed by atoms with Crippen molar-refractivity contribution >= 4 is 28.7 Å². The van der Waals surface area contributed by atoms with Gasteiger partial charge in [-0.2, -0.15) is 0 Å². The molecular weight excluding hydrogens is 400 g/mol. The zero-order valence-corrected chi connectivity index (χ0v) is 16.3. The van der Waals surface area contributed by atoms with Gasteiger partial charge in [0.05, 0.1) is 0 Å². The van der Waals surface area contributed by atoms with Gasteiger partial charge in [0.15, 0.2) is 0 Å². The zero-order valence-electron chi connectivity index (χ0n) is 16.3. The van der Waals surface area contributed by atoms with Crippen LogP contribution in [0.5, 0.6) is 5.75 Å². The van der Waals surface area contributed by atoms with Crippen LogP contribution in [0.3, 0.4) is 0 Å². The Morgan fingerprint density at radius 3 is 2.32 bits per heavy atom. The summed E-state index contributed by atoms with van der Waals surface area (Å²) in [6, 6.07) is 18.3. The van der Waals surface area contributed by atoms with E-state index in [2.05, 4.69) is 5.32 Å². The molecular formula is C23H20N2O6. The molecule has 0 aliphatic carbocycles. The molecule has 0 fully saturated rings. The summed E-state index contributed by atoms with van der Waals surface area (Å²) in [5.41, 5.74) is 2.35. The van der Waals surface area contributed by atoms with Gasteiger partial charge in [-0.1, -0.05) is 54.6 Å². The van der Waals surface area contributed by atoms with Crippen molar-refractivity contribution in [3.63, 3.8) is 0 Å². The third kappa shape index (κ3) is 5.46. The van der Waals surface area contributed by atoms with E-state index in [-0.39, 0.29) is 12.2 Å². The molecule has 4 N–H and O–H groups in total. The van der Waals surface area contributed by atoms with Gasteiger partial charge in [-0.15, -0.1) is 0 Å². The number of hydroxylamine groups is 1. The monoisotopic (exact) mass is 420 g/mol. The van der Waals surface area contributed by atoms with Crippen LogP contribution < -0.4 is 10.8 Å². The van der Waals surface area contributed by atoms with Gasteiger partial charge in [0.1, 0.15) is 11.9 Å². The molecule has 0 aliphatic heterocycles. The molecule has 0 heterocycles. The van der Waals surface area contributed by atoms with E-state index >= 15 is 0 Å². The van der Waals surface area contributed by atoms with E-state index in [1.54, 1.807) is 60.7 Å². The second kappa shape index (κ2) is 10.0. The molecule has 3 rings (SSSR count). The molecule has 0 saturated heterocycles. The first-order valence-electron chi connectivity index (χ1n) is 9.38. The van der Waals surface area contributed by atoms with E-state index in [4.69, 9.17) is 9.94 Å². The van der Waals surface area contributed by atoms with Crippen molar-refractivity contribution in [3.05, 3.63) is 90.0 Å². The molecule has 31 heavy (non-hydrogen) atoms. The highest BCUT2D eigenvalue weighted by Crippen LogP contribution is 2.34. The number of alkyl carbamates (subject to hydrolysis) is 1. The van der Waals surface area contributed by atoms with E-state index in [1.165, 1.54) is 17.6 Å². The fourth-order valence-corrected chi connectivity index (χ4v) is 3.07. The van der Waals surface area contributed by atoms with Crippen molar-refractivity contribution in [3.8, 4) is 5.75 Å². The molecule has 3 aromatic carbocycles. The normalized spacial score (nSPS) is 11.8. The number of phenolic OH excluding ortho intramolecular Hbond substituents is 1. The highest BCUT2D eigenvalue weighted by Gasteiger charge is 2.21. The molecule has 3 aromatic rings. The van der Waals surface area contributed by atoms with Crippen LogP contribution in [-0.2, 0) is 9.53 Å². The zero-order chi connectivity index (χ0) is 22.2. The largest absolute Gasteiger partial charge is 0.507 e. The first kappa shape index (κ1) is 21.5. The molecule has 0 unspecified atom stereocenters. The minimum atomic E-state index is -0.962. The number of ether oxygens (including phenoxy) is 1. The van der Waals surface area contributed by atoms with Crippen molar-refractivity contribution in [1.82, 2.24) is 10.8 Å². The van der Waals surface area contributed by atoms with Crippen molar-refractivity contribution in [2.45, 2.75) is 12.5 Å². The highest BCUT2D eigenvalue weighted by atomic mass is 16.6. The summed E-state index contributed by atoms with van der Waals surface area (Å²) in [4.78, 5) is 35.9. The molecule has 8 nitrogen and oxygen atoms in total. The van der Waals surface area contributed by atoms with Crippen LogP contribution in [-0.4, -0.2) is 28.2 Å². The van der Waals surface area contributed by atoms with Crippen molar-refractivity contribution < 1.29 is 29.4 Å². The Balaban J connectivity index is 1.86. The van der Waals surface area contributed by atoms with Crippen LogP contribution in [0.2, 0.25) is 0 Å². The van der Waals surface area contributed by atoms with Crippen LogP contribution in [0.1, 0.15) is 28.4 Å². The molecule has 0 spiro atoms. The number of aromatic hydroxyl groups is 1. The van der Waals surface area contributed by atoms with E-state index in [0.717, 1.165) is 6.08 Å². The highest BCUT2D eigenvalue weighted by molar-refractivity contribution is 6.03. The minimum absolute atomic E-state index is 0.0667. The van der Waals surface area contributed by atoms with E-state index in [9.17, 15) is 19.5 Å². The van der Waals surface area contributed by atoms with Crippen molar-refractivity contribution in [1.29, 1.82) is 0 Å². The number of carbonyl (C=O) groups is 3. The molecule has 0 aromatic heterocycles. The predicted octanol–water partition coefficient (Wildman–Crippen LogP) is 3.60. The van der Waals surface area contributed by atoms with Gasteiger partial charge in [0.2, 0.25) is 0 Å². The fourth-order valence-electron chi connectivity index (χ4n) is 3.07. The van der Waals surface area contributed by atoms with E-state index in [1.807, 2.05) is 0 Å². The van der Waals surface area contributed by atoms with E-state index < -0.39 is 24.0 Å². The van der Waals surface area contributed by atoms with Crippen LogP contribution in [0.15, 0.2) is 78.9 Å². The molecule has 0 saturated carbocycles. The smallest absolute Gasteiger partial charge is 0.414 e. The lowest BCUT2D eigenvalue weighted by Gasteiger charge is -2.19. The molecule has 0 aliphatic rings. The first-order chi connectivity index (χ1) is 15.0. The summed E-state index contributed by atoms with van der Waals surface area (Å²) in [6.07, 6.45) is 0.749. The third-order valence-corrected chi connectivity index (χ3v) is 4.51. The average molecular weight is 420 g/mol. The second-order valence-corrected chi connectivity index (χ2v) is 6.55. The van der Waals surface area contributed by atoms with Crippen LogP contribution in [0.25, 0.3) is 10.8 Å². The summed E-state index contributed by atoms with van der Waals surface area (Å²) in [6.45, 7) is 0. The maximum Gasteiger partial charge on any atom is 0.414 e. The number of nitrogens with one attached hydrogen (secondary N) is 2. The summed E-state index contributed by atoms with van der Waals surface area (Å²) in [5.74, 6) is -1.29. The van der Waals surface area contributed by atoms with Gasteiger partial charge in [0, 0.05) is 29.0 Å². The Morgan fingerprint density at radius 2 is 1.61 bits per heavy atom. The van der Waals surface area contributed by atoms with Gasteiger partial charge in [0.25, 0.3) is 11.8 Å². The molecule has 1 atom stereocenters. The van der Waals surface area contributed by atoms with Crippen LogP contribution in [0.4, 0.5) is 4.79 Å². The number of fused-ring (bicyclic) bond motifs is 1. The Bertz CT molecular complexity index is 1130. The van der Waals surface area contributed by atoms with Crippen LogP contribution in [0, 0.1) is 0 Å². The summed E-state index contributed by atoms with van der Waals surface area (Å²) < 4.78 is 5.49. The SMILES string of the molecule is O=C(/C=C/C[C@H](OC(=O)NC(=O)c1ccccc1)c1ccc(O)c2ccccc12)NO. The number of hydrogen-bond donors (Lipinski definition) is 4. The lowest BCUT2D eigenvalue weighted by molar-refractivity contribution is -0.124. The number of hydrogen-bond acceptors (Lipinski definition) is 6. The van der Waals surface area contributed by atoms with Crippen LogP contribution >= 0.6 is 0 Å². The standard InChI is InChI=1S/C23H20N2O6/c26-19-14-13-18(16-9-4-5-10-17(16)19)20(11-6-12-21(27)25-30)31-23(29)24-22(28)15-7-2-1-3-8-15/h1-10,12-14,20,26,30H,11H2,(H,25,27)(H,24,28,29)/b12-6+/t20-/m0/s1. The number of amides is 3. The molecule has 0 radical (unpaired) electrons. The number of rotatable bonds is 6. The lowest BCUT2D eigenvalue weighted by atomic mass is 9.97. The maximum absolute atomic E-state index is 12.4. The first-order valence-corrected chi connectivity index (χ1v) is 9.38. The lowest BCUT2D eigenvalue weighted by Crippen LogP contribution is -2.32. The molecule has 8 heteroatoms. The van der Waals surface area contributed by atoms with Crippen molar-refractivity contribution in [2.24, 2.45) is 0 Å². The third-order valence-electron chi connectivity index (χ3n) is 4.51. The Labute approximate surface area is 177 Å². The number of imide groups is 1. The summed E-state index contributed by atoms with van der Waals surface area (Å²) in [7, 11) is 0. The quantitative estimate of drug-likeness (QED) is 0.274. The Morgan fingerprint density at radius 1 is 0.935 bits per heavy atom. The van der Waals surface area contributed by atoms with Gasteiger partial charge in [-0.3, -0.25) is 20.1 Å².